The van der Waals surface area contributed by atoms with Crippen molar-refractivity contribution >= 4 is 22.6 Å². The quantitative estimate of drug-likeness (QED) is 0.805. The van der Waals surface area contributed by atoms with Crippen LogP contribution < -0.4 is 11.0 Å². The first-order valence-corrected chi connectivity index (χ1v) is 7.64. The summed E-state index contributed by atoms with van der Waals surface area (Å²) in [4.78, 5) is 24.8. The molecule has 0 bridgehead atoms. The van der Waals surface area contributed by atoms with E-state index in [1.807, 2.05) is 62.4 Å². The summed E-state index contributed by atoms with van der Waals surface area (Å²) in [5.74, 6) is -0.211. The number of anilines is 1. The van der Waals surface area contributed by atoms with Gasteiger partial charge in [-0.15, -0.1) is 0 Å². The van der Waals surface area contributed by atoms with Crippen molar-refractivity contribution in [1.82, 2.24) is 9.13 Å². The van der Waals surface area contributed by atoms with Gasteiger partial charge in [0.15, 0.2) is 0 Å². The molecule has 5 nitrogen and oxygen atoms in total. The van der Waals surface area contributed by atoms with Gasteiger partial charge >= 0.3 is 5.69 Å². The molecule has 0 unspecified atom stereocenters. The average molecular weight is 309 g/mol. The molecule has 23 heavy (non-hydrogen) atoms. The van der Waals surface area contributed by atoms with Gasteiger partial charge in [0.1, 0.15) is 6.54 Å². The van der Waals surface area contributed by atoms with Crippen LogP contribution in [0.3, 0.4) is 0 Å². The average Bonchev–Trinajstić information content (AvgIpc) is 2.79. The molecule has 1 N–H and O–H groups in total. The number of nitrogens with zero attached hydrogens (tertiary/aromatic N) is 2. The monoisotopic (exact) mass is 309 g/mol. The molecule has 5 heteroatoms. The van der Waals surface area contributed by atoms with Crippen molar-refractivity contribution in [2.45, 2.75) is 26.9 Å². The summed E-state index contributed by atoms with van der Waals surface area (Å²) in [5.41, 5.74) is 3.28. The zero-order valence-corrected chi connectivity index (χ0v) is 13.2. The molecule has 1 aromatic heterocycles. The SMILES string of the molecule is CCn1c(=O)n(CC(=O)Nc2cccc(C)c2)c2ccccc21. The Morgan fingerprint density at radius 1 is 1.04 bits per heavy atom. The first-order chi connectivity index (χ1) is 11.1. The van der Waals surface area contributed by atoms with E-state index >= 15 is 0 Å². The molecule has 118 valence electrons. The molecule has 0 atom stereocenters. The van der Waals surface area contributed by atoms with Crippen LogP contribution in [0.2, 0.25) is 0 Å². The third-order valence-electron chi connectivity index (χ3n) is 3.84. The Labute approximate surface area is 134 Å². The number of hydrogen-bond acceptors (Lipinski definition) is 2. The Hall–Kier alpha value is -2.82. The predicted octanol–water partition coefficient (Wildman–Crippen LogP) is 2.77. The second-order valence-corrected chi connectivity index (χ2v) is 5.52. The van der Waals surface area contributed by atoms with Gasteiger partial charge in [0.05, 0.1) is 11.0 Å². The highest BCUT2D eigenvalue weighted by atomic mass is 16.2. The van der Waals surface area contributed by atoms with Crippen LogP contribution in [0.5, 0.6) is 0 Å². The van der Waals surface area contributed by atoms with E-state index in [1.165, 1.54) is 4.57 Å². The van der Waals surface area contributed by atoms with Gasteiger partial charge in [0.25, 0.3) is 0 Å². The lowest BCUT2D eigenvalue weighted by atomic mass is 10.2. The molecule has 1 heterocycles. The van der Waals surface area contributed by atoms with Gasteiger partial charge in [0, 0.05) is 12.2 Å². The first kappa shape index (κ1) is 15.1. The van der Waals surface area contributed by atoms with Gasteiger partial charge in [-0.05, 0) is 43.7 Å². The van der Waals surface area contributed by atoms with Gasteiger partial charge in [0.2, 0.25) is 5.91 Å². The second-order valence-electron chi connectivity index (χ2n) is 5.52. The van der Waals surface area contributed by atoms with Crippen LogP contribution in [-0.2, 0) is 17.9 Å². The Morgan fingerprint density at radius 3 is 2.39 bits per heavy atom. The van der Waals surface area contributed by atoms with Gasteiger partial charge in [-0.1, -0.05) is 24.3 Å². The molecular weight excluding hydrogens is 290 g/mol. The van der Waals surface area contributed by atoms with Crippen LogP contribution in [0.4, 0.5) is 5.69 Å². The number of carbonyl (C=O) groups is 1. The van der Waals surface area contributed by atoms with E-state index < -0.39 is 0 Å². The van der Waals surface area contributed by atoms with Crippen molar-refractivity contribution in [2.24, 2.45) is 0 Å². The van der Waals surface area contributed by atoms with Crippen LogP contribution in [0, 0.1) is 6.92 Å². The summed E-state index contributed by atoms with van der Waals surface area (Å²) in [6.07, 6.45) is 0. The Bertz CT molecular complexity index is 921. The molecule has 0 saturated carbocycles. The van der Waals surface area contributed by atoms with Gasteiger partial charge < -0.3 is 5.32 Å². The highest BCUT2D eigenvalue weighted by Crippen LogP contribution is 2.13. The fourth-order valence-corrected chi connectivity index (χ4v) is 2.80. The Morgan fingerprint density at radius 2 is 1.74 bits per heavy atom. The van der Waals surface area contributed by atoms with E-state index in [2.05, 4.69) is 5.32 Å². The lowest BCUT2D eigenvalue weighted by Crippen LogP contribution is -2.29. The number of nitrogens with one attached hydrogen (secondary N) is 1. The Balaban J connectivity index is 1.91. The molecule has 0 saturated heterocycles. The van der Waals surface area contributed by atoms with E-state index in [1.54, 1.807) is 4.57 Å². The number of rotatable bonds is 4. The van der Waals surface area contributed by atoms with Gasteiger partial charge in [-0.25, -0.2) is 4.79 Å². The minimum absolute atomic E-state index is 0.000286. The second kappa shape index (κ2) is 6.12. The number of fused-ring (bicyclic) bond motifs is 1. The molecule has 3 rings (SSSR count). The van der Waals surface area contributed by atoms with E-state index in [0.717, 1.165) is 22.3 Å². The topological polar surface area (TPSA) is 56.0 Å². The molecule has 2 aromatic carbocycles. The summed E-state index contributed by atoms with van der Waals surface area (Å²) in [5, 5.41) is 2.84. The van der Waals surface area contributed by atoms with Crippen molar-refractivity contribution in [2.75, 3.05) is 5.32 Å². The highest BCUT2D eigenvalue weighted by Gasteiger charge is 2.14. The number of benzene rings is 2. The zero-order valence-electron chi connectivity index (χ0n) is 13.2. The summed E-state index contributed by atoms with van der Waals surface area (Å²) in [7, 11) is 0. The molecule has 0 radical (unpaired) electrons. The summed E-state index contributed by atoms with van der Waals surface area (Å²) in [6, 6.07) is 15.1. The van der Waals surface area contributed by atoms with Crippen LogP contribution in [0.1, 0.15) is 12.5 Å². The fraction of sp³-hybridized carbons (Fsp3) is 0.222. The molecule has 1 amide bonds. The number of aryl methyl sites for hydroxylation is 2. The molecule has 0 fully saturated rings. The number of carbonyl (C=O) groups excluding carboxylic acids is 1. The molecule has 0 aliphatic rings. The van der Waals surface area contributed by atoms with Gasteiger partial charge in [-0.2, -0.15) is 0 Å². The Kier molecular flexibility index (Phi) is 4.02. The summed E-state index contributed by atoms with van der Waals surface area (Å²) < 4.78 is 3.19. The van der Waals surface area contributed by atoms with Crippen molar-refractivity contribution in [1.29, 1.82) is 0 Å². The van der Waals surface area contributed by atoms with Crippen LogP contribution >= 0.6 is 0 Å². The van der Waals surface area contributed by atoms with Crippen LogP contribution in [-0.4, -0.2) is 15.0 Å². The maximum Gasteiger partial charge on any atom is 0.329 e. The standard InChI is InChI=1S/C18H19N3O2/c1-3-20-15-9-4-5-10-16(15)21(18(20)23)12-17(22)19-14-8-6-7-13(2)11-14/h4-11H,3,12H2,1-2H3,(H,19,22). The largest absolute Gasteiger partial charge is 0.329 e. The van der Waals surface area contributed by atoms with E-state index in [4.69, 9.17) is 0 Å². The van der Waals surface area contributed by atoms with E-state index in [9.17, 15) is 9.59 Å². The van der Waals surface area contributed by atoms with Crippen LogP contribution in [0.25, 0.3) is 11.0 Å². The number of hydrogen-bond donors (Lipinski definition) is 1. The van der Waals surface area contributed by atoms with Gasteiger partial charge in [-0.3, -0.25) is 13.9 Å². The summed E-state index contributed by atoms with van der Waals surface area (Å²) >= 11 is 0. The number of para-hydroxylation sites is 2. The minimum atomic E-state index is -0.211. The summed E-state index contributed by atoms with van der Waals surface area (Å²) in [6.45, 7) is 4.46. The van der Waals surface area contributed by atoms with Crippen molar-refractivity contribution in [3.63, 3.8) is 0 Å². The van der Waals surface area contributed by atoms with Crippen molar-refractivity contribution in [3.05, 3.63) is 64.6 Å². The normalized spacial score (nSPS) is 10.9. The number of aromatic nitrogens is 2. The first-order valence-electron chi connectivity index (χ1n) is 7.64. The molecule has 0 aliphatic heterocycles. The van der Waals surface area contributed by atoms with Crippen molar-refractivity contribution in [3.8, 4) is 0 Å². The van der Waals surface area contributed by atoms with E-state index in [-0.39, 0.29) is 18.1 Å². The van der Waals surface area contributed by atoms with Crippen LogP contribution in [0.15, 0.2) is 53.3 Å². The van der Waals surface area contributed by atoms with E-state index in [0.29, 0.717) is 6.54 Å². The smallest absolute Gasteiger partial charge is 0.325 e. The number of amides is 1. The molecular formula is C18H19N3O2. The van der Waals surface area contributed by atoms with Crippen molar-refractivity contribution < 1.29 is 4.79 Å². The maximum atomic E-state index is 12.5. The highest BCUT2D eigenvalue weighted by molar-refractivity contribution is 5.91. The lowest BCUT2D eigenvalue weighted by molar-refractivity contribution is -0.116. The molecule has 0 spiro atoms. The zero-order chi connectivity index (χ0) is 16.4. The minimum Gasteiger partial charge on any atom is -0.325 e. The maximum absolute atomic E-state index is 12.5. The molecule has 3 aromatic rings. The third-order valence-corrected chi connectivity index (χ3v) is 3.84. The lowest BCUT2D eigenvalue weighted by Gasteiger charge is -2.07. The number of imidazole rings is 1. The molecule has 0 aliphatic carbocycles. The predicted molar refractivity (Wildman–Crippen MR) is 91.7 cm³/mol. The fourth-order valence-electron chi connectivity index (χ4n) is 2.80. The third kappa shape index (κ3) is 2.90.